The summed E-state index contributed by atoms with van der Waals surface area (Å²) in [5, 5.41) is 0. The van der Waals surface area contributed by atoms with E-state index in [0.29, 0.717) is 12.5 Å². The third-order valence-electron chi connectivity index (χ3n) is 14.6. The Hall–Kier alpha value is -2.47. The smallest absolute Gasteiger partial charge is 0.302 e. The van der Waals surface area contributed by atoms with Gasteiger partial charge in [-0.15, -0.1) is 0 Å². The first kappa shape index (κ1) is 32.5. The Morgan fingerprint density at radius 1 is 0.889 bits per heavy atom. The summed E-state index contributed by atoms with van der Waals surface area (Å²) < 4.78 is 5.87. The van der Waals surface area contributed by atoms with E-state index in [1.54, 1.807) is 0 Å². The van der Waals surface area contributed by atoms with E-state index >= 15 is 0 Å². The molecule has 0 heterocycles. The third-order valence-corrected chi connectivity index (χ3v) is 14.6. The quantitative estimate of drug-likeness (QED) is 0.266. The fraction of sp³-hybridized carbons (Fsp3) is 0.718. The van der Waals surface area contributed by atoms with Crippen LogP contribution in [0, 0.1) is 50.2 Å². The van der Waals surface area contributed by atoms with Crippen molar-refractivity contribution < 1.29 is 24.0 Å². The van der Waals surface area contributed by atoms with Crippen molar-refractivity contribution in [3.8, 4) is 0 Å². The summed E-state index contributed by atoms with van der Waals surface area (Å²) in [6.07, 6.45) is 10.4. The number of hydrogen-bond donors (Lipinski definition) is 1. The number of fused-ring (bicyclic) bond motifs is 7. The second kappa shape index (κ2) is 10.8. The predicted molar refractivity (Wildman–Crippen MR) is 174 cm³/mol. The molecule has 0 aliphatic heterocycles. The second-order valence-corrected chi connectivity index (χ2v) is 17.4. The van der Waals surface area contributed by atoms with Crippen LogP contribution in [-0.2, 0) is 30.6 Å². The Balaban J connectivity index is 1.29. The van der Waals surface area contributed by atoms with Gasteiger partial charge in [0.1, 0.15) is 6.10 Å². The van der Waals surface area contributed by atoms with Gasteiger partial charge in [0.2, 0.25) is 5.91 Å². The van der Waals surface area contributed by atoms with Crippen molar-refractivity contribution in [1.29, 1.82) is 0 Å². The van der Waals surface area contributed by atoms with Crippen LogP contribution in [0.1, 0.15) is 119 Å². The van der Waals surface area contributed by atoms with Crippen molar-refractivity contribution >= 4 is 17.7 Å². The average Bonchev–Trinajstić information content (AvgIpc) is 2.97. The van der Waals surface area contributed by atoms with Gasteiger partial charge >= 0.3 is 5.97 Å². The van der Waals surface area contributed by atoms with Crippen LogP contribution in [0.2, 0.25) is 0 Å². The van der Waals surface area contributed by atoms with Crippen LogP contribution in [0.4, 0.5) is 0 Å². The van der Waals surface area contributed by atoms with Gasteiger partial charge in [0.25, 0.3) is 0 Å². The van der Waals surface area contributed by atoms with Gasteiger partial charge in [-0.2, -0.15) is 0 Å². The molecule has 4 fully saturated rings. The van der Waals surface area contributed by atoms with E-state index in [2.05, 4.69) is 60.0 Å². The number of carbonyl (C=O) groups is 3. The van der Waals surface area contributed by atoms with E-state index in [9.17, 15) is 14.4 Å². The number of carbonyl (C=O) groups excluding carboxylic acids is 3. The number of benzene rings is 1. The molecule has 6 rings (SSSR count). The fourth-order valence-corrected chi connectivity index (χ4v) is 11.7. The molecule has 3 unspecified atom stereocenters. The zero-order chi connectivity index (χ0) is 32.6. The minimum Gasteiger partial charge on any atom is -0.462 e. The van der Waals surface area contributed by atoms with Crippen molar-refractivity contribution in [3.05, 3.63) is 47.5 Å². The Morgan fingerprint density at radius 3 is 2.27 bits per heavy atom. The number of esters is 1. The van der Waals surface area contributed by atoms with Gasteiger partial charge in [-0.3, -0.25) is 19.2 Å². The molecular weight excluding hydrogens is 562 g/mol. The molecule has 45 heavy (non-hydrogen) atoms. The van der Waals surface area contributed by atoms with Gasteiger partial charge in [-0.25, -0.2) is 5.48 Å². The molecule has 1 aromatic rings. The normalized spacial score (nSPS) is 43.5. The minimum atomic E-state index is -0.566. The molecule has 0 saturated heterocycles. The summed E-state index contributed by atoms with van der Waals surface area (Å²) in [5.74, 6) is 0.426. The summed E-state index contributed by atoms with van der Waals surface area (Å²) in [7, 11) is 0. The zero-order valence-electron chi connectivity index (χ0n) is 28.9. The van der Waals surface area contributed by atoms with Crippen LogP contribution in [0.5, 0.6) is 0 Å². The van der Waals surface area contributed by atoms with E-state index in [0.717, 1.165) is 63.4 Å². The van der Waals surface area contributed by atoms with Crippen LogP contribution in [0.25, 0.3) is 0 Å². The van der Waals surface area contributed by atoms with Crippen LogP contribution < -0.4 is 5.48 Å². The lowest BCUT2D eigenvalue weighted by atomic mass is 9.33. The predicted octanol–water partition coefficient (Wildman–Crippen LogP) is 8.15. The molecule has 5 aliphatic carbocycles. The summed E-state index contributed by atoms with van der Waals surface area (Å²) in [6, 6.07) is 9.88. The van der Waals surface area contributed by atoms with Gasteiger partial charge in [0.05, 0.1) is 6.61 Å². The van der Waals surface area contributed by atoms with E-state index < -0.39 is 5.41 Å². The summed E-state index contributed by atoms with van der Waals surface area (Å²) >= 11 is 0. The van der Waals surface area contributed by atoms with Crippen LogP contribution in [-0.4, -0.2) is 23.8 Å². The SMILES string of the molecule is CC(=O)O[C@H]1CC[C@@]2(C)C(CC[C@]3(C)C2C(=O)C=C2C4C[C@@](C)(C(=O)NOCc5ccccc5)CC[C@]4(C)CC[C@]23C)C1(C)C. The highest BCUT2D eigenvalue weighted by molar-refractivity contribution is 5.95. The summed E-state index contributed by atoms with van der Waals surface area (Å²) in [4.78, 5) is 46.0. The number of hydrogen-bond acceptors (Lipinski definition) is 5. The first-order valence-electron chi connectivity index (χ1n) is 17.4. The molecule has 1 amide bonds. The number of nitrogens with one attached hydrogen (secondary N) is 1. The molecule has 0 bridgehead atoms. The molecule has 1 aromatic carbocycles. The van der Waals surface area contributed by atoms with Gasteiger partial charge in [-0.05, 0) is 103 Å². The van der Waals surface area contributed by atoms with Crippen LogP contribution in [0.3, 0.4) is 0 Å². The van der Waals surface area contributed by atoms with Gasteiger partial charge in [0, 0.05) is 23.7 Å². The van der Waals surface area contributed by atoms with Gasteiger partial charge in [-0.1, -0.05) is 84.4 Å². The largest absolute Gasteiger partial charge is 0.462 e. The highest BCUT2D eigenvalue weighted by atomic mass is 16.6. The van der Waals surface area contributed by atoms with Crippen molar-refractivity contribution in [1.82, 2.24) is 5.48 Å². The number of amides is 1. The molecule has 0 spiro atoms. The maximum absolute atomic E-state index is 14.7. The van der Waals surface area contributed by atoms with Crippen LogP contribution in [0.15, 0.2) is 42.0 Å². The standard InChI is InChI=1S/C39H55NO5/c1-25(41)45-31-15-16-37(6)30(34(31,2)3)14-17-39(8)32(37)29(42)22-27-28-23-36(5,19-18-35(28,4)20-21-38(27,39)7)33(43)40-44-24-26-12-10-9-11-13-26/h9-13,22,28,30-32H,14-21,23-24H2,1-8H3,(H,40,43)/t28?,30?,31-,32?,35+,36-,37-,38+,39+/m0/s1. The Morgan fingerprint density at radius 2 is 1.58 bits per heavy atom. The molecule has 1 N–H and O–H groups in total. The van der Waals surface area contributed by atoms with Gasteiger partial charge in [0.15, 0.2) is 5.78 Å². The molecule has 6 nitrogen and oxygen atoms in total. The summed E-state index contributed by atoms with van der Waals surface area (Å²) in [5.41, 5.74) is 3.99. The first-order valence-corrected chi connectivity index (χ1v) is 17.4. The zero-order valence-corrected chi connectivity index (χ0v) is 28.9. The van der Waals surface area contributed by atoms with E-state index in [-0.39, 0.29) is 62.7 Å². The lowest BCUT2D eigenvalue weighted by molar-refractivity contribution is -0.210. The summed E-state index contributed by atoms with van der Waals surface area (Å²) in [6.45, 7) is 18.1. The van der Waals surface area contributed by atoms with Crippen LogP contribution >= 0.6 is 0 Å². The maximum atomic E-state index is 14.7. The number of hydroxylamine groups is 1. The first-order chi connectivity index (χ1) is 21.0. The molecule has 9 atom stereocenters. The third kappa shape index (κ3) is 4.86. The lowest BCUT2D eigenvalue weighted by Crippen LogP contribution is -2.66. The van der Waals surface area contributed by atoms with Crippen molar-refractivity contribution in [2.24, 2.45) is 50.2 Å². The molecule has 0 aromatic heterocycles. The maximum Gasteiger partial charge on any atom is 0.302 e. The molecule has 246 valence electrons. The number of ketones is 1. The van der Waals surface area contributed by atoms with Gasteiger partial charge < -0.3 is 4.74 Å². The van der Waals surface area contributed by atoms with Crippen molar-refractivity contribution in [2.75, 3.05) is 0 Å². The molecule has 6 heteroatoms. The fourth-order valence-electron chi connectivity index (χ4n) is 11.7. The number of ether oxygens (including phenoxy) is 1. The number of allylic oxidation sites excluding steroid dienone is 2. The minimum absolute atomic E-state index is 0.0561. The Bertz CT molecular complexity index is 1400. The molecule has 5 aliphatic rings. The monoisotopic (exact) mass is 617 g/mol. The van der Waals surface area contributed by atoms with E-state index in [1.807, 2.05) is 30.3 Å². The Kier molecular flexibility index (Phi) is 7.78. The second-order valence-electron chi connectivity index (χ2n) is 17.4. The van der Waals surface area contributed by atoms with Crippen molar-refractivity contribution in [3.63, 3.8) is 0 Å². The Labute approximate surface area is 270 Å². The molecular formula is C39H55NO5. The topological polar surface area (TPSA) is 81.7 Å². The number of rotatable bonds is 5. The highest BCUT2D eigenvalue weighted by Gasteiger charge is 2.70. The highest BCUT2D eigenvalue weighted by Crippen LogP contribution is 2.75. The van der Waals surface area contributed by atoms with Crippen molar-refractivity contribution in [2.45, 2.75) is 126 Å². The average molecular weight is 618 g/mol. The lowest BCUT2D eigenvalue weighted by Gasteiger charge is -2.70. The van der Waals surface area contributed by atoms with E-state index in [1.165, 1.54) is 12.5 Å². The van der Waals surface area contributed by atoms with E-state index in [4.69, 9.17) is 9.57 Å². The molecule has 0 radical (unpaired) electrons. The molecule has 4 saturated carbocycles.